The van der Waals surface area contributed by atoms with Gasteiger partial charge in [-0.1, -0.05) is 32.6 Å². The maximum absolute atomic E-state index is 8.54. The molecule has 0 saturated carbocycles. The summed E-state index contributed by atoms with van der Waals surface area (Å²) in [5, 5.41) is 8.72. The number of rotatable bonds is 5. The normalized spacial score (nSPS) is 13.4. The maximum atomic E-state index is 8.54. The lowest BCUT2D eigenvalue weighted by Crippen LogP contribution is -2.43. The highest BCUT2D eigenvalue weighted by atomic mass is 28.4. The summed E-state index contributed by atoms with van der Waals surface area (Å²) in [7, 11) is -1.78. The van der Waals surface area contributed by atoms with Gasteiger partial charge in [0.15, 0.2) is 8.32 Å². The highest BCUT2D eigenvalue weighted by Gasteiger charge is 2.38. The molecule has 0 aromatic heterocycles. The molecule has 0 aromatic rings. The van der Waals surface area contributed by atoms with Gasteiger partial charge in [-0.05, 0) is 31.0 Å². The van der Waals surface area contributed by atoms with Crippen LogP contribution >= 0.6 is 0 Å². The SMILES string of the molecule is C#CC(CCCC#CCO)O[Si](C)(C)C(C)(C)C. The third-order valence-corrected chi connectivity index (χ3v) is 7.89. The van der Waals surface area contributed by atoms with Gasteiger partial charge in [0.25, 0.3) is 0 Å². The molecule has 1 unspecified atom stereocenters. The Morgan fingerprint density at radius 3 is 2.33 bits per heavy atom. The van der Waals surface area contributed by atoms with Crippen molar-refractivity contribution in [1.29, 1.82) is 0 Å². The number of aliphatic hydroxyl groups is 1. The quantitative estimate of drug-likeness (QED) is 0.470. The van der Waals surface area contributed by atoms with E-state index in [9.17, 15) is 0 Å². The Labute approximate surface area is 113 Å². The maximum Gasteiger partial charge on any atom is 0.193 e. The van der Waals surface area contributed by atoms with Crippen molar-refractivity contribution < 1.29 is 9.53 Å². The fourth-order valence-electron chi connectivity index (χ4n) is 1.23. The van der Waals surface area contributed by atoms with Gasteiger partial charge in [-0.15, -0.1) is 12.3 Å². The smallest absolute Gasteiger partial charge is 0.193 e. The third-order valence-electron chi connectivity index (χ3n) is 3.40. The molecule has 0 fully saturated rings. The molecule has 0 amide bonds. The molecule has 0 rings (SSSR count). The molecule has 0 aliphatic carbocycles. The molecule has 0 bridgehead atoms. The molecule has 18 heavy (non-hydrogen) atoms. The van der Waals surface area contributed by atoms with Crippen LogP contribution in [0.2, 0.25) is 18.1 Å². The molecule has 2 nitrogen and oxygen atoms in total. The molecule has 0 aromatic carbocycles. The van der Waals surface area contributed by atoms with E-state index in [1.54, 1.807) is 0 Å². The van der Waals surface area contributed by atoms with Crippen LogP contribution in [0.15, 0.2) is 0 Å². The van der Waals surface area contributed by atoms with Crippen LogP contribution < -0.4 is 0 Å². The Kier molecular flexibility index (Phi) is 7.32. The average molecular weight is 266 g/mol. The van der Waals surface area contributed by atoms with Crippen molar-refractivity contribution >= 4 is 8.32 Å². The minimum atomic E-state index is -1.78. The predicted molar refractivity (Wildman–Crippen MR) is 79.6 cm³/mol. The van der Waals surface area contributed by atoms with Crippen LogP contribution in [0.3, 0.4) is 0 Å². The van der Waals surface area contributed by atoms with Crippen molar-refractivity contribution in [3.05, 3.63) is 0 Å². The lowest BCUT2D eigenvalue weighted by Gasteiger charge is -2.38. The Bertz CT molecular complexity index is 336. The number of hydrogen-bond donors (Lipinski definition) is 1. The van der Waals surface area contributed by atoms with E-state index in [1.807, 2.05) is 0 Å². The molecule has 0 heterocycles. The van der Waals surface area contributed by atoms with E-state index >= 15 is 0 Å². The summed E-state index contributed by atoms with van der Waals surface area (Å²) in [4.78, 5) is 0. The van der Waals surface area contributed by atoms with Crippen LogP contribution in [0.25, 0.3) is 0 Å². The molecule has 3 heteroatoms. The van der Waals surface area contributed by atoms with Crippen molar-refractivity contribution in [1.82, 2.24) is 0 Å². The first-order valence-corrected chi connectivity index (χ1v) is 9.36. The largest absolute Gasteiger partial charge is 0.403 e. The minimum Gasteiger partial charge on any atom is -0.403 e. The van der Waals surface area contributed by atoms with Gasteiger partial charge in [0.2, 0.25) is 0 Å². The van der Waals surface area contributed by atoms with Crippen molar-refractivity contribution in [3.63, 3.8) is 0 Å². The number of unbranched alkanes of at least 4 members (excludes halogenated alkanes) is 1. The molecule has 0 radical (unpaired) electrons. The zero-order valence-corrected chi connectivity index (χ0v) is 13.3. The highest BCUT2D eigenvalue weighted by Crippen LogP contribution is 2.37. The summed E-state index contributed by atoms with van der Waals surface area (Å²) in [6.45, 7) is 11.0. The molecule has 0 aliphatic rings. The Balaban J connectivity index is 4.25. The first-order chi connectivity index (χ1) is 8.24. The Morgan fingerprint density at radius 1 is 1.28 bits per heavy atom. The van der Waals surface area contributed by atoms with E-state index in [0.29, 0.717) is 0 Å². The van der Waals surface area contributed by atoms with Crippen LogP contribution in [-0.2, 0) is 4.43 Å². The van der Waals surface area contributed by atoms with Crippen LogP contribution in [-0.4, -0.2) is 26.1 Å². The second-order valence-electron chi connectivity index (χ2n) is 5.94. The van der Waals surface area contributed by atoms with Gasteiger partial charge in [0, 0.05) is 6.42 Å². The summed E-state index contributed by atoms with van der Waals surface area (Å²) in [5.41, 5.74) is 0. The molecule has 0 spiro atoms. The summed E-state index contributed by atoms with van der Waals surface area (Å²) >= 11 is 0. The van der Waals surface area contributed by atoms with Gasteiger partial charge in [-0.3, -0.25) is 0 Å². The molecular weight excluding hydrogens is 240 g/mol. The van der Waals surface area contributed by atoms with Gasteiger partial charge >= 0.3 is 0 Å². The zero-order valence-electron chi connectivity index (χ0n) is 12.3. The average Bonchev–Trinajstić information content (AvgIpc) is 2.25. The van der Waals surface area contributed by atoms with Crippen LogP contribution in [0, 0.1) is 24.2 Å². The van der Waals surface area contributed by atoms with Crippen molar-refractivity contribution in [3.8, 4) is 24.2 Å². The second kappa shape index (κ2) is 7.64. The van der Waals surface area contributed by atoms with E-state index in [-0.39, 0.29) is 17.7 Å². The van der Waals surface area contributed by atoms with Crippen LogP contribution in [0.1, 0.15) is 40.0 Å². The molecule has 0 saturated heterocycles. The first-order valence-electron chi connectivity index (χ1n) is 6.45. The molecule has 0 aliphatic heterocycles. The van der Waals surface area contributed by atoms with Crippen LogP contribution in [0.5, 0.6) is 0 Å². The molecule has 102 valence electrons. The third kappa shape index (κ3) is 6.26. The van der Waals surface area contributed by atoms with Gasteiger partial charge in [-0.25, -0.2) is 0 Å². The number of aliphatic hydroxyl groups excluding tert-OH is 1. The van der Waals surface area contributed by atoms with Gasteiger partial charge in [0.1, 0.15) is 12.7 Å². The fraction of sp³-hybridized carbons (Fsp3) is 0.733. The van der Waals surface area contributed by atoms with Crippen molar-refractivity contribution in [2.45, 2.75) is 64.3 Å². The van der Waals surface area contributed by atoms with Gasteiger partial charge in [0.05, 0.1) is 0 Å². The minimum absolute atomic E-state index is 0.0704. The number of terminal acetylenes is 1. The summed E-state index contributed by atoms with van der Waals surface area (Å²) in [6, 6.07) is 0. The summed E-state index contributed by atoms with van der Waals surface area (Å²) in [5.74, 6) is 8.27. The first kappa shape index (κ1) is 17.3. The fourth-order valence-corrected chi connectivity index (χ4v) is 2.48. The predicted octanol–water partition coefficient (Wildman–Crippen LogP) is 3.18. The van der Waals surface area contributed by atoms with E-state index in [4.69, 9.17) is 16.0 Å². The zero-order chi connectivity index (χ0) is 14.2. The van der Waals surface area contributed by atoms with Gasteiger partial charge in [-0.2, -0.15) is 0 Å². The standard InChI is InChI=1S/C15H26O2Si/c1-7-14(12-10-8-9-11-13-16)17-18(5,6)15(2,3)4/h1,14,16H,8,10,12-13H2,2-6H3. The van der Waals surface area contributed by atoms with E-state index in [2.05, 4.69) is 51.6 Å². The van der Waals surface area contributed by atoms with E-state index < -0.39 is 8.32 Å². The molecular formula is C15H26O2Si. The van der Waals surface area contributed by atoms with Crippen molar-refractivity contribution in [2.24, 2.45) is 0 Å². The van der Waals surface area contributed by atoms with E-state index in [1.165, 1.54) is 0 Å². The lowest BCUT2D eigenvalue weighted by molar-refractivity contribution is 0.221. The highest BCUT2D eigenvalue weighted by molar-refractivity contribution is 6.74. The monoisotopic (exact) mass is 266 g/mol. The molecule has 1 atom stereocenters. The van der Waals surface area contributed by atoms with Crippen molar-refractivity contribution in [2.75, 3.05) is 6.61 Å². The Hall–Kier alpha value is -0.743. The summed E-state index contributed by atoms with van der Waals surface area (Å²) in [6.07, 6.45) is 7.94. The van der Waals surface area contributed by atoms with Gasteiger partial charge < -0.3 is 9.53 Å². The van der Waals surface area contributed by atoms with E-state index in [0.717, 1.165) is 19.3 Å². The molecule has 1 N–H and O–H groups in total. The topological polar surface area (TPSA) is 29.5 Å². The second-order valence-corrected chi connectivity index (χ2v) is 10.7. The summed E-state index contributed by atoms with van der Waals surface area (Å²) < 4.78 is 6.16. The van der Waals surface area contributed by atoms with Crippen LogP contribution in [0.4, 0.5) is 0 Å². The Morgan fingerprint density at radius 2 is 1.89 bits per heavy atom. The lowest BCUT2D eigenvalue weighted by atomic mass is 10.1. The number of hydrogen-bond acceptors (Lipinski definition) is 2.